The van der Waals surface area contributed by atoms with Gasteiger partial charge >= 0.3 is 0 Å². The van der Waals surface area contributed by atoms with E-state index in [-0.39, 0.29) is 18.4 Å². The fourth-order valence-electron chi connectivity index (χ4n) is 4.80. The van der Waals surface area contributed by atoms with Crippen molar-refractivity contribution in [3.05, 3.63) is 78.5 Å². The van der Waals surface area contributed by atoms with E-state index in [9.17, 15) is 14.4 Å². The molecule has 1 saturated heterocycles. The van der Waals surface area contributed by atoms with Gasteiger partial charge in [0.15, 0.2) is 11.6 Å². The number of anilines is 1. The second-order valence-corrected chi connectivity index (χ2v) is 9.28. The highest BCUT2D eigenvalue weighted by molar-refractivity contribution is 5.84. The van der Waals surface area contributed by atoms with Gasteiger partial charge in [0.1, 0.15) is 11.6 Å². The summed E-state index contributed by atoms with van der Waals surface area (Å²) in [5.41, 5.74) is 4.78. The molecular weight excluding hydrogens is 487 g/mol. The number of aryl methyl sites for hydroxylation is 1. The molecule has 1 amide bonds. The number of carbonyl (C=O) groups excluding carboxylic acids is 1. The summed E-state index contributed by atoms with van der Waals surface area (Å²) in [6.45, 7) is 1.33. The molecule has 0 aliphatic carbocycles. The van der Waals surface area contributed by atoms with Crippen molar-refractivity contribution in [2.24, 2.45) is 7.05 Å². The third-order valence-corrected chi connectivity index (χ3v) is 6.60. The van der Waals surface area contributed by atoms with Crippen molar-refractivity contribution in [3.8, 4) is 23.0 Å². The second-order valence-electron chi connectivity index (χ2n) is 9.28. The maximum Gasteiger partial charge on any atom is 0.224 e. The molecule has 38 heavy (non-hydrogen) atoms. The minimum Gasteiger partial charge on any atom is -0.368 e. The van der Waals surface area contributed by atoms with E-state index in [1.54, 1.807) is 39.9 Å². The van der Waals surface area contributed by atoms with E-state index in [1.807, 2.05) is 19.4 Å². The Bertz CT molecular complexity index is 1680. The van der Waals surface area contributed by atoms with E-state index in [0.717, 1.165) is 47.1 Å². The number of nitrogens with one attached hydrogen (secondary N) is 1. The predicted octanol–water partition coefficient (Wildman–Crippen LogP) is 2.26. The molecule has 1 atom stereocenters. The van der Waals surface area contributed by atoms with E-state index >= 15 is 0 Å². The quantitative estimate of drug-likeness (QED) is 0.372. The Kier molecular flexibility index (Phi) is 5.80. The van der Waals surface area contributed by atoms with Crippen LogP contribution in [0.25, 0.3) is 22.5 Å². The summed E-state index contributed by atoms with van der Waals surface area (Å²) < 4.78 is 18.0. The molecule has 1 aliphatic heterocycles. The van der Waals surface area contributed by atoms with Crippen LogP contribution in [0.3, 0.4) is 0 Å². The van der Waals surface area contributed by atoms with Gasteiger partial charge in [0.05, 0.1) is 42.5 Å². The van der Waals surface area contributed by atoms with Gasteiger partial charge in [0.25, 0.3) is 0 Å². The number of rotatable bonds is 6. The number of nitriles is 1. The maximum atomic E-state index is 13.2. The topological polar surface area (TPSA) is 122 Å². The van der Waals surface area contributed by atoms with Crippen molar-refractivity contribution in [2.45, 2.75) is 18.9 Å². The summed E-state index contributed by atoms with van der Waals surface area (Å²) in [6.07, 6.45) is 12.1. The van der Waals surface area contributed by atoms with Gasteiger partial charge in [0.2, 0.25) is 5.91 Å². The van der Waals surface area contributed by atoms with E-state index in [4.69, 9.17) is 0 Å². The van der Waals surface area contributed by atoms with E-state index < -0.39 is 5.82 Å². The Labute approximate surface area is 216 Å². The third-order valence-electron chi connectivity index (χ3n) is 6.60. The van der Waals surface area contributed by atoms with Crippen LogP contribution in [0.5, 0.6) is 0 Å². The lowest BCUT2D eigenvalue weighted by atomic mass is 10.1. The molecule has 11 nitrogen and oxygen atoms in total. The molecule has 6 heterocycles. The normalized spacial score (nSPS) is 15.2. The van der Waals surface area contributed by atoms with Gasteiger partial charge in [-0.1, -0.05) is 6.07 Å². The molecule has 0 bridgehead atoms. The van der Waals surface area contributed by atoms with Crippen LogP contribution in [-0.4, -0.2) is 59.2 Å². The first-order chi connectivity index (χ1) is 18.5. The van der Waals surface area contributed by atoms with Crippen LogP contribution in [0, 0.1) is 17.1 Å². The molecule has 1 fully saturated rings. The number of halogens is 1. The highest BCUT2D eigenvalue weighted by Crippen LogP contribution is 2.32. The van der Waals surface area contributed by atoms with Gasteiger partial charge in [0, 0.05) is 55.9 Å². The SMILES string of the molecule is Cn1cc(-c2cc(N3CCC(NC(=O)Cc4ccc(-n5cc(F)cn5)nc4)C3)c3c(C#N)cnn3c2)cn1. The summed E-state index contributed by atoms with van der Waals surface area (Å²) in [5.74, 6) is -0.0729. The summed E-state index contributed by atoms with van der Waals surface area (Å²) in [6, 6.07) is 7.73. The van der Waals surface area contributed by atoms with E-state index in [2.05, 4.69) is 42.6 Å². The number of hydrogen-bond donors (Lipinski definition) is 1. The Hall–Kier alpha value is -5.05. The summed E-state index contributed by atoms with van der Waals surface area (Å²) in [7, 11) is 1.86. The van der Waals surface area contributed by atoms with Gasteiger partial charge < -0.3 is 10.2 Å². The largest absolute Gasteiger partial charge is 0.368 e. The monoisotopic (exact) mass is 510 g/mol. The van der Waals surface area contributed by atoms with Gasteiger partial charge in [-0.3, -0.25) is 9.48 Å². The minimum atomic E-state index is -0.442. The number of amides is 1. The zero-order valence-corrected chi connectivity index (χ0v) is 20.5. The van der Waals surface area contributed by atoms with Gasteiger partial charge in [-0.2, -0.15) is 20.6 Å². The summed E-state index contributed by atoms with van der Waals surface area (Å²) in [4.78, 5) is 19.3. The van der Waals surface area contributed by atoms with Gasteiger partial charge in [-0.25, -0.2) is 18.6 Å². The second kappa shape index (κ2) is 9.44. The average molecular weight is 511 g/mol. The van der Waals surface area contributed by atoms with Crippen LogP contribution in [0.15, 0.2) is 61.6 Å². The van der Waals surface area contributed by atoms with Crippen LogP contribution < -0.4 is 10.2 Å². The molecule has 5 aromatic rings. The maximum absolute atomic E-state index is 13.2. The molecule has 5 aromatic heterocycles. The van der Waals surface area contributed by atoms with Crippen molar-refractivity contribution < 1.29 is 9.18 Å². The first-order valence-electron chi connectivity index (χ1n) is 12.1. The van der Waals surface area contributed by atoms with Crippen molar-refractivity contribution in [1.82, 2.24) is 39.5 Å². The van der Waals surface area contributed by atoms with E-state index in [0.29, 0.717) is 17.9 Å². The smallest absolute Gasteiger partial charge is 0.224 e. The Balaban J connectivity index is 1.16. The molecule has 1 unspecified atom stereocenters. The van der Waals surface area contributed by atoms with Crippen molar-refractivity contribution in [2.75, 3.05) is 18.0 Å². The van der Waals surface area contributed by atoms with Crippen molar-refractivity contribution in [3.63, 3.8) is 0 Å². The van der Waals surface area contributed by atoms with Crippen LogP contribution in [0.4, 0.5) is 10.1 Å². The van der Waals surface area contributed by atoms with Crippen molar-refractivity contribution in [1.29, 1.82) is 5.26 Å². The number of hydrogen-bond acceptors (Lipinski definition) is 7. The van der Waals surface area contributed by atoms with Crippen LogP contribution in [0.2, 0.25) is 0 Å². The highest BCUT2D eigenvalue weighted by atomic mass is 19.1. The molecule has 0 spiro atoms. The molecule has 0 saturated carbocycles. The fraction of sp³-hybridized carbons (Fsp3) is 0.231. The molecule has 1 N–H and O–H groups in total. The van der Waals surface area contributed by atoms with Crippen LogP contribution in [-0.2, 0) is 18.3 Å². The average Bonchev–Trinajstić information content (AvgIpc) is 3.71. The lowest BCUT2D eigenvalue weighted by Gasteiger charge is -2.21. The summed E-state index contributed by atoms with van der Waals surface area (Å²) >= 11 is 0. The van der Waals surface area contributed by atoms with Crippen LogP contribution in [0.1, 0.15) is 17.5 Å². The Morgan fingerprint density at radius 1 is 1.13 bits per heavy atom. The number of aromatic nitrogens is 7. The lowest BCUT2D eigenvalue weighted by molar-refractivity contribution is -0.121. The molecule has 0 radical (unpaired) electrons. The van der Waals surface area contributed by atoms with Gasteiger partial charge in [-0.05, 0) is 24.1 Å². The minimum absolute atomic E-state index is 0.0441. The van der Waals surface area contributed by atoms with Crippen molar-refractivity contribution >= 4 is 17.1 Å². The molecule has 6 rings (SSSR count). The third kappa shape index (κ3) is 4.45. The Morgan fingerprint density at radius 3 is 2.74 bits per heavy atom. The first kappa shape index (κ1) is 23.4. The lowest BCUT2D eigenvalue weighted by Crippen LogP contribution is -2.38. The standard InChI is InChI=1S/C26H23FN10O/c1-34-13-20(11-30-34)18-7-23(26-19(8-28)10-31-37(26)14-18)35-5-4-22(16-35)33-25(38)6-17-2-3-24(29-9-17)36-15-21(27)12-32-36/h2-3,7,9-15,22H,4-6,16H2,1H3,(H,33,38). The van der Waals surface area contributed by atoms with E-state index in [1.165, 1.54) is 10.9 Å². The molecule has 0 aromatic carbocycles. The number of pyridine rings is 2. The molecule has 12 heteroatoms. The number of fused-ring (bicyclic) bond motifs is 1. The molecule has 1 aliphatic rings. The zero-order chi connectivity index (χ0) is 26.2. The predicted molar refractivity (Wildman–Crippen MR) is 136 cm³/mol. The Morgan fingerprint density at radius 2 is 2.03 bits per heavy atom. The zero-order valence-electron chi connectivity index (χ0n) is 20.5. The van der Waals surface area contributed by atoms with Gasteiger partial charge in [-0.15, -0.1) is 0 Å². The summed E-state index contributed by atoms with van der Waals surface area (Å²) in [5, 5.41) is 25.3. The highest BCUT2D eigenvalue weighted by Gasteiger charge is 2.27. The van der Waals surface area contributed by atoms with Crippen LogP contribution >= 0.6 is 0 Å². The first-order valence-corrected chi connectivity index (χ1v) is 12.1. The fourth-order valence-corrected chi connectivity index (χ4v) is 4.80. The molecule has 190 valence electrons. The number of nitrogens with zero attached hydrogens (tertiary/aromatic N) is 9. The number of carbonyl (C=O) groups is 1. The molecular formula is C26H23FN10O.